The summed E-state index contributed by atoms with van der Waals surface area (Å²) in [6.45, 7) is 4.83. The van der Waals surface area contributed by atoms with Gasteiger partial charge in [0.2, 0.25) is 21.8 Å². The Balaban J connectivity index is 2.44. The summed E-state index contributed by atoms with van der Waals surface area (Å²) in [5.74, 6) is -0.960. The van der Waals surface area contributed by atoms with Gasteiger partial charge in [0.15, 0.2) is 0 Å². The molecule has 11 nitrogen and oxygen atoms in total. The lowest BCUT2D eigenvalue weighted by Crippen LogP contribution is -2.53. The van der Waals surface area contributed by atoms with Crippen molar-refractivity contribution in [2.75, 3.05) is 30.8 Å². The van der Waals surface area contributed by atoms with E-state index >= 15 is 0 Å². The minimum Gasteiger partial charge on any atom is -0.495 e. The SMILES string of the molecule is CC[C@@H](C)NC(=O)[C@H](C)N(CCc1ccccc1)C(=O)CN(c1cc([N+](=O)[O-])ccc1OC)S(C)(=O)=O. The third-order valence-electron chi connectivity index (χ3n) is 5.97. The van der Waals surface area contributed by atoms with Gasteiger partial charge in [0.1, 0.15) is 24.0 Å². The van der Waals surface area contributed by atoms with Crippen LogP contribution in [0.2, 0.25) is 0 Å². The fourth-order valence-corrected chi connectivity index (χ4v) is 4.46. The maximum atomic E-state index is 13.6. The molecule has 0 unspecified atom stereocenters. The lowest BCUT2D eigenvalue weighted by molar-refractivity contribution is -0.384. The van der Waals surface area contributed by atoms with Crippen LogP contribution in [0.4, 0.5) is 11.4 Å². The number of rotatable bonds is 13. The van der Waals surface area contributed by atoms with E-state index in [-0.39, 0.29) is 35.6 Å². The Morgan fingerprint density at radius 3 is 2.32 bits per heavy atom. The summed E-state index contributed by atoms with van der Waals surface area (Å²) in [4.78, 5) is 38.5. The van der Waals surface area contributed by atoms with Crippen LogP contribution in [-0.2, 0) is 26.0 Å². The van der Waals surface area contributed by atoms with Crippen LogP contribution < -0.4 is 14.4 Å². The van der Waals surface area contributed by atoms with Crippen LogP contribution in [0.3, 0.4) is 0 Å². The van der Waals surface area contributed by atoms with Gasteiger partial charge < -0.3 is 15.0 Å². The zero-order valence-corrected chi connectivity index (χ0v) is 22.5. The first kappa shape index (κ1) is 29.6. The molecule has 2 aromatic carbocycles. The van der Waals surface area contributed by atoms with Gasteiger partial charge in [-0.1, -0.05) is 37.3 Å². The number of nitrogens with one attached hydrogen (secondary N) is 1. The molecule has 0 heterocycles. The monoisotopic (exact) mass is 534 g/mol. The van der Waals surface area contributed by atoms with Gasteiger partial charge in [-0.15, -0.1) is 0 Å². The van der Waals surface area contributed by atoms with Gasteiger partial charge in [-0.05, 0) is 38.3 Å². The van der Waals surface area contributed by atoms with Crippen molar-refractivity contribution in [3.05, 3.63) is 64.2 Å². The molecule has 202 valence electrons. The van der Waals surface area contributed by atoms with Crippen molar-refractivity contribution in [3.8, 4) is 5.75 Å². The highest BCUT2D eigenvalue weighted by Crippen LogP contribution is 2.33. The summed E-state index contributed by atoms with van der Waals surface area (Å²) in [7, 11) is -2.78. The molecule has 12 heteroatoms. The van der Waals surface area contributed by atoms with E-state index in [1.807, 2.05) is 44.2 Å². The number of sulfonamides is 1. The minimum absolute atomic E-state index is 0.0437. The summed E-state index contributed by atoms with van der Waals surface area (Å²) in [6.07, 6.45) is 2.03. The second-order valence-corrected chi connectivity index (χ2v) is 10.6. The zero-order chi connectivity index (χ0) is 27.8. The third kappa shape index (κ3) is 8.17. The maximum absolute atomic E-state index is 13.6. The summed E-state index contributed by atoms with van der Waals surface area (Å²) >= 11 is 0. The zero-order valence-electron chi connectivity index (χ0n) is 21.7. The molecule has 0 fully saturated rings. The van der Waals surface area contributed by atoms with Gasteiger partial charge in [0, 0.05) is 24.7 Å². The van der Waals surface area contributed by atoms with E-state index in [9.17, 15) is 28.1 Å². The second kappa shape index (κ2) is 13.0. The molecule has 0 saturated carbocycles. The molecule has 0 aliphatic carbocycles. The largest absolute Gasteiger partial charge is 0.495 e. The Morgan fingerprint density at radius 1 is 1.14 bits per heavy atom. The standard InChI is InChI=1S/C25H34N4O7S/c1-6-18(2)26-25(31)19(3)27(15-14-20-10-8-7-9-11-20)24(30)17-28(37(5,34)35)22-16-21(29(32)33)12-13-23(22)36-4/h7-13,16,18-19H,6,14-15,17H2,1-5H3,(H,26,31)/t18-,19+/m1/s1. The van der Waals surface area contributed by atoms with Crippen molar-refractivity contribution in [2.24, 2.45) is 0 Å². The highest BCUT2D eigenvalue weighted by Gasteiger charge is 2.32. The lowest BCUT2D eigenvalue weighted by Gasteiger charge is -2.32. The molecule has 0 aliphatic heterocycles. The molecule has 0 saturated heterocycles. The Labute approximate surface area is 217 Å². The van der Waals surface area contributed by atoms with Gasteiger partial charge in [-0.2, -0.15) is 0 Å². The van der Waals surface area contributed by atoms with E-state index in [0.29, 0.717) is 12.8 Å². The molecule has 2 rings (SSSR count). The van der Waals surface area contributed by atoms with Crippen molar-refractivity contribution >= 4 is 33.2 Å². The number of methoxy groups -OCH3 is 1. The molecular formula is C25H34N4O7S. The first-order valence-corrected chi connectivity index (χ1v) is 13.7. The van der Waals surface area contributed by atoms with Crippen LogP contribution in [-0.4, -0.2) is 68.6 Å². The molecule has 0 aromatic heterocycles. The molecule has 0 spiro atoms. The predicted molar refractivity (Wildman–Crippen MR) is 141 cm³/mol. The molecule has 2 amide bonds. The van der Waals surface area contributed by atoms with Crippen LogP contribution in [0, 0.1) is 10.1 Å². The number of hydrogen-bond donors (Lipinski definition) is 1. The van der Waals surface area contributed by atoms with Crippen LogP contribution in [0.25, 0.3) is 0 Å². The number of benzene rings is 2. The first-order chi connectivity index (χ1) is 17.4. The number of nitro groups is 1. The average Bonchev–Trinajstić information content (AvgIpc) is 2.86. The van der Waals surface area contributed by atoms with Gasteiger partial charge in [0.05, 0.1) is 18.3 Å². The van der Waals surface area contributed by atoms with E-state index in [1.54, 1.807) is 6.92 Å². The molecule has 2 aromatic rings. The fraction of sp³-hybridized carbons (Fsp3) is 0.440. The highest BCUT2D eigenvalue weighted by molar-refractivity contribution is 7.92. The number of ether oxygens (including phenoxy) is 1. The topological polar surface area (TPSA) is 139 Å². The van der Waals surface area contributed by atoms with Gasteiger partial charge in [-0.25, -0.2) is 8.42 Å². The average molecular weight is 535 g/mol. The normalized spacial score (nSPS) is 12.8. The van der Waals surface area contributed by atoms with E-state index in [2.05, 4.69) is 5.32 Å². The molecule has 0 aliphatic rings. The number of non-ortho nitro benzene ring substituents is 1. The maximum Gasteiger partial charge on any atom is 0.271 e. The van der Waals surface area contributed by atoms with E-state index in [1.165, 1.54) is 24.1 Å². The molecular weight excluding hydrogens is 500 g/mol. The highest BCUT2D eigenvalue weighted by atomic mass is 32.2. The Kier molecular flexibility index (Phi) is 10.4. The lowest BCUT2D eigenvalue weighted by atomic mass is 10.1. The number of nitrogens with zero attached hydrogens (tertiary/aromatic N) is 3. The number of amides is 2. The van der Waals surface area contributed by atoms with E-state index in [0.717, 1.165) is 22.2 Å². The Hall–Kier alpha value is -3.67. The Morgan fingerprint density at radius 2 is 1.78 bits per heavy atom. The van der Waals surface area contributed by atoms with Crippen LogP contribution in [0.15, 0.2) is 48.5 Å². The van der Waals surface area contributed by atoms with Crippen molar-refractivity contribution in [1.82, 2.24) is 10.2 Å². The second-order valence-electron chi connectivity index (χ2n) is 8.70. The number of carbonyl (C=O) groups is 2. The quantitative estimate of drug-likeness (QED) is 0.308. The summed E-state index contributed by atoms with van der Waals surface area (Å²) < 4.78 is 31.5. The molecule has 1 N–H and O–H groups in total. The van der Waals surface area contributed by atoms with Crippen LogP contribution >= 0.6 is 0 Å². The Bertz CT molecular complexity index is 1200. The van der Waals surface area contributed by atoms with Crippen molar-refractivity contribution < 1.29 is 27.7 Å². The van der Waals surface area contributed by atoms with Crippen molar-refractivity contribution in [1.29, 1.82) is 0 Å². The molecule has 0 bridgehead atoms. The van der Waals surface area contributed by atoms with Gasteiger partial charge in [-0.3, -0.25) is 24.0 Å². The molecule has 0 radical (unpaired) electrons. The predicted octanol–water partition coefficient (Wildman–Crippen LogP) is 2.74. The van der Waals surface area contributed by atoms with E-state index in [4.69, 9.17) is 4.74 Å². The first-order valence-electron chi connectivity index (χ1n) is 11.8. The third-order valence-corrected chi connectivity index (χ3v) is 7.10. The summed E-state index contributed by atoms with van der Waals surface area (Å²) in [5, 5.41) is 14.2. The minimum atomic E-state index is -4.07. The van der Waals surface area contributed by atoms with Crippen LogP contribution in [0.5, 0.6) is 5.75 Å². The molecule has 2 atom stereocenters. The van der Waals surface area contributed by atoms with Crippen molar-refractivity contribution in [2.45, 2.75) is 45.7 Å². The van der Waals surface area contributed by atoms with E-state index < -0.39 is 33.4 Å². The fourth-order valence-electron chi connectivity index (χ4n) is 3.62. The smallest absolute Gasteiger partial charge is 0.271 e. The van der Waals surface area contributed by atoms with Gasteiger partial charge >= 0.3 is 0 Å². The number of hydrogen-bond acceptors (Lipinski definition) is 7. The number of anilines is 1. The van der Waals surface area contributed by atoms with Crippen LogP contribution in [0.1, 0.15) is 32.8 Å². The number of nitro benzene ring substituents is 1. The summed E-state index contributed by atoms with van der Waals surface area (Å²) in [6, 6.07) is 11.9. The van der Waals surface area contributed by atoms with Gasteiger partial charge in [0.25, 0.3) is 5.69 Å². The summed E-state index contributed by atoms with van der Waals surface area (Å²) in [5.41, 5.74) is 0.432. The van der Waals surface area contributed by atoms with Crippen molar-refractivity contribution in [3.63, 3.8) is 0 Å². The number of carbonyl (C=O) groups excluding carboxylic acids is 2. The molecule has 37 heavy (non-hydrogen) atoms.